The monoisotopic (exact) mass is 408 g/mol. The second-order valence-electron chi connectivity index (χ2n) is 7.58. The number of hydrogen-bond donors (Lipinski definition) is 3. The molecule has 1 aromatic rings. The van der Waals surface area contributed by atoms with Crippen molar-refractivity contribution in [2.24, 2.45) is 4.99 Å². The van der Waals surface area contributed by atoms with E-state index in [1.165, 1.54) is 18.4 Å². The fourth-order valence-electron chi connectivity index (χ4n) is 4.06. The minimum absolute atomic E-state index is 0.0662. The van der Waals surface area contributed by atoms with Crippen LogP contribution < -0.4 is 20.1 Å². The predicted molar refractivity (Wildman–Crippen MR) is 112 cm³/mol. The number of rotatable bonds is 7. The number of guanidine groups is 1. The Hall–Kier alpha value is -1.80. The van der Waals surface area contributed by atoms with Gasteiger partial charge in [-0.3, -0.25) is 4.99 Å². The van der Waals surface area contributed by atoms with Crippen molar-refractivity contribution in [2.75, 3.05) is 25.9 Å². The van der Waals surface area contributed by atoms with Crippen molar-refractivity contribution >= 4 is 16.0 Å². The van der Waals surface area contributed by atoms with Gasteiger partial charge in [0, 0.05) is 32.1 Å². The Morgan fingerprint density at radius 3 is 2.71 bits per heavy atom. The van der Waals surface area contributed by atoms with Crippen molar-refractivity contribution in [3.05, 3.63) is 29.8 Å². The summed E-state index contributed by atoms with van der Waals surface area (Å²) in [4.78, 5) is 4.35. The van der Waals surface area contributed by atoms with Crippen LogP contribution in [0.15, 0.2) is 29.3 Å². The molecule has 1 fully saturated rings. The minimum atomic E-state index is -3.13. The van der Waals surface area contributed by atoms with Crippen molar-refractivity contribution in [1.29, 1.82) is 0 Å². The quantitative estimate of drug-likeness (QED) is 0.366. The molecule has 7 nitrogen and oxygen atoms in total. The van der Waals surface area contributed by atoms with Crippen LogP contribution in [0.2, 0.25) is 0 Å². The van der Waals surface area contributed by atoms with Gasteiger partial charge in [-0.05, 0) is 45.1 Å². The summed E-state index contributed by atoms with van der Waals surface area (Å²) in [7, 11) is -1.38. The van der Waals surface area contributed by atoms with E-state index in [1.807, 2.05) is 12.1 Å². The summed E-state index contributed by atoms with van der Waals surface area (Å²) in [6.07, 6.45) is 6.26. The number of aliphatic imine (C=N–C) groups is 1. The third-order valence-electron chi connectivity index (χ3n) is 5.59. The number of fused-ring (bicyclic) bond motifs is 1. The van der Waals surface area contributed by atoms with E-state index in [4.69, 9.17) is 4.74 Å². The van der Waals surface area contributed by atoms with Gasteiger partial charge in [0.05, 0.1) is 11.8 Å². The number of benzene rings is 1. The topological polar surface area (TPSA) is 91.8 Å². The number of sulfonamides is 1. The van der Waals surface area contributed by atoms with Crippen LogP contribution in [-0.2, 0) is 10.0 Å². The van der Waals surface area contributed by atoms with Gasteiger partial charge in [-0.15, -0.1) is 0 Å². The Morgan fingerprint density at radius 1 is 1.25 bits per heavy atom. The first-order valence-electron chi connectivity index (χ1n) is 10.2. The maximum atomic E-state index is 11.5. The highest BCUT2D eigenvalue weighted by Gasteiger charge is 2.43. The fraction of sp³-hybridized carbons (Fsp3) is 0.650. The maximum Gasteiger partial charge on any atom is 0.211 e. The molecule has 1 aliphatic heterocycles. The summed E-state index contributed by atoms with van der Waals surface area (Å²) >= 11 is 0. The molecule has 0 amide bonds. The molecule has 3 rings (SSSR count). The number of ether oxygens (including phenoxy) is 1. The summed E-state index contributed by atoms with van der Waals surface area (Å²) in [5, 5.41) is 6.85. The number of nitrogens with zero attached hydrogens (tertiary/aromatic N) is 1. The van der Waals surface area contributed by atoms with Crippen LogP contribution in [-0.4, -0.2) is 45.9 Å². The van der Waals surface area contributed by atoms with Crippen molar-refractivity contribution in [3.8, 4) is 5.75 Å². The van der Waals surface area contributed by atoms with E-state index >= 15 is 0 Å². The van der Waals surface area contributed by atoms with E-state index in [9.17, 15) is 8.42 Å². The number of hydrogen-bond acceptors (Lipinski definition) is 4. The van der Waals surface area contributed by atoms with Gasteiger partial charge in [-0.25, -0.2) is 13.1 Å². The molecule has 1 heterocycles. The molecule has 156 valence electrons. The molecule has 3 N–H and O–H groups in total. The van der Waals surface area contributed by atoms with Crippen molar-refractivity contribution in [2.45, 2.75) is 57.1 Å². The van der Waals surface area contributed by atoms with Gasteiger partial charge in [0.2, 0.25) is 10.0 Å². The lowest BCUT2D eigenvalue weighted by atomic mass is 9.86. The Kier molecular flexibility index (Phi) is 6.82. The molecule has 1 atom stereocenters. The molecule has 0 radical (unpaired) electrons. The van der Waals surface area contributed by atoms with E-state index in [2.05, 4.69) is 32.5 Å². The predicted octanol–water partition coefficient (Wildman–Crippen LogP) is 2.32. The lowest BCUT2D eigenvalue weighted by Crippen LogP contribution is -2.47. The lowest BCUT2D eigenvalue weighted by molar-refractivity contribution is 0.0396. The zero-order valence-electron chi connectivity index (χ0n) is 16.8. The zero-order valence-corrected chi connectivity index (χ0v) is 17.6. The molecular weight excluding hydrogens is 376 g/mol. The molecule has 1 spiro atoms. The smallest absolute Gasteiger partial charge is 0.211 e. The van der Waals surface area contributed by atoms with Gasteiger partial charge in [0.25, 0.3) is 0 Å². The van der Waals surface area contributed by atoms with Crippen molar-refractivity contribution < 1.29 is 13.2 Å². The Balaban J connectivity index is 1.58. The summed E-state index contributed by atoms with van der Waals surface area (Å²) in [5.41, 5.74) is 1.10. The molecule has 0 bridgehead atoms. The van der Waals surface area contributed by atoms with Crippen LogP contribution >= 0.6 is 0 Å². The summed E-state index contributed by atoms with van der Waals surface area (Å²) in [5.74, 6) is 1.81. The molecule has 1 aliphatic carbocycles. The second kappa shape index (κ2) is 9.13. The van der Waals surface area contributed by atoms with E-state index in [0.717, 1.165) is 31.0 Å². The highest BCUT2D eigenvalue weighted by atomic mass is 32.2. The molecule has 28 heavy (non-hydrogen) atoms. The normalized spacial score (nSPS) is 21.2. The van der Waals surface area contributed by atoms with Gasteiger partial charge in [-0.1, -0.05) is 18.2 Å². The molecule has 1 unspecified atom stereocenters. The standard InChI is InChI=1S/C20H32N4O3S/c1-3-28(25,26)23-14-8-13-22-19(21-2)24-17-15-20(11-6-7-12-20)27-18-10-5-4-9-16(17)18/h4-5,9-10,17,23H,3,6-8,11-15H2,1-2H3,(H2,21,22,24). The number of nitrogens with one attached hydrogen (secondary N) is 3. The van der Waals surface area contributed by atoms with E-state index in [0.29, 0.717) is 19.5 Å². The van der Waals surface area contributed by atoms with E-state index in [-0.39, 0.29) is 17.4 Å². The van der Waals surface area contributed by atoms with Gasteiger partial charge in [0.1, 0.15) is 11.4 Å². The highest BCUT2D eigenvalue weighted by molar-refractivity contribution is 7.89. The van der Waals surface area contributed by atoms with E-state index in [1.54, 1.807) is 14.0 Å². The Bertz CT molecular complexity index is 788. The summed E-state index contributed by atoms with van der Waals surface area (Å²) in [6.45, 7) is 2.69. The highest BCUT2D eigenvalue weighted by Crippen LogP contribution is 2.46. The summed E-state index contributed by atoms with van der Waals surface area (Å²) < 4.78 is 32.0. The van der Waals surface area contributed by atoms with Crippen molar-refractivity contribution in [1.82, 2.24) is 15.4 Å². The molecule has 0 saturated heterocycles. The first-order valence-corrected chi connectivity index (χ1v) is 11.8. The van der Waals surface area contributed by atoms with Crippen LogP contribution in [0.3, 0.4) is 0 Å². The zero-order chi connectivity index (χ0) is 20.0. The summed E-state index contributed by atoms with van der Waals surface area (Å²) in [6, 6.07) is 8.38. The van der Waals surface area contributed by atoms with Crippen LogP contribution in [0, 0.1) is 0 Å². The average Bonchev–Trinajstić information content (AvgIpc) is 3.14. The van der Waals surface area contributed by atoms with Gasteiger partial charge < -0.3 is 15.4 Å². The van der Waals surface area contributed by atoms with Gasteiger partial charge in [-0.2, -0.15) is 0 Å². The van der Waals surface area contributed by atoms with Gasteiger partial charge >= 0.3 is 0 Å². The molecule has 0 aromatic heterocycles. The molecule has 2 aliphatic rings. The first-order chi connectivity index (χ1) is 13.5. The lowest BCUT2D eigenvalue weighted by Gasteiger charge is -2.40. The molecule has 1 aromatic carbocycles. The Morgan fingerprint density at radius 2 is 2.00 bits per heavy atom. The average molecular weight is 409 g/mol. The minimum Gasteiger partial charge on any atom is -0.487 e. The van der Waals surface area contributed by atoms with Crippen LogP contribution in [0.4, 0.5) is 0 Å². The second-order valence-corrected chi connectivity index (χ2v) is 9.68. The third kappa shape index (κ3) is 5.17. The molecule has 1 saturated carbocycles. The van der Waals surface area contributed by atoms with Crippen LogP contribution in [0.25, 0.3) is 0 Å². The number of para-hydroxylation sites is 1. The van der Waals surface area contributed by atoms with E-state index < -0.39 is 10.0 Å². The van der Waals surface area contributed by atoms with Gasteiger partial charge in [0.15, 0.2) is 5.96 Å². The first kappa shape index (κ1) is 20.9. The largest absolute Gasteiger partial charge is 0.487 e. The molecular formula is C20H32N4O3S. The fourth-order valence-corrected chi connectivity index (χ4v) is 4.72. The van der Waals surface area contributed by atoms with Crippen molar-refractivity contribution in [3.63, 3.8) is 0 Å². The maximum absolute atomic E-state index is 11.5. The van der Waals surface area contributed by atoms with Crippen LogP contribution in [0.5, 0.6) is 5.75 Å². The Labute approximate surface area is 168 Å². The van der Waals surface area contributed by atoms with Crippen LogP contribution in [0.1, 0.15) is 57.1 Å². The molecule has 8 heteroatoms. The third-order valence-corrected chi connectivity index (χ3v) is 7.00. The SMILES string of the molecule is CCS(=O)(=O)NCCCNC(=NC)NC1CC2(CCCC2)Oc2ccccc21.